The van der Waals surface area contributed by atoms with Gasteiger partial charge in [-0.2, -0.15) is 0 Å². The maximum Gasteiger partial charge on any atom is 0.165 e. The fourth-order valence-electron chi connectivity index (χ4n) is 1.35. The number of hydrogen-bond donors (Lipinski definition) is 1. The van der Waals surface area contributed by atoms with Crippen LogP contribution in [0.1, 0.15) is 5.56 Å². The Hall–Kier alpha value is -1.90. The van der Waals surface area contributed by atoms with Crippen LogP contribution in [0.4, 0.5) is 10.2 Å². The Labute approximate surface area is 87.6 Å². The number of anilines is 1. The molecule has 0 atom stereocenters. The van der Waals surface area contributed by atoms with E-state index in [1.807, 2.05) is 31.2 Å². The first-order chi connectivity index (χ1) is 7.16. The van der Waals surface area contributed by atoms with Gasteiger partial charge in [0.1, 0.15) is 0 Å². The molecule has 0 radical (unpaired) electrons. The molecule has 0 saturated heterocycles. The number of nitrogens with two attached hydrogens (primary N) is 1. The maximum absolute atomic E-state index is 13.2. The Bertz CT molecular complexity index is 477. The van der Waals surface area contributed by atoms with Crippen molar-refractivity contribution in [2.75, 3.05) is 5.73 Å². The van der Waals surface area contributed by atoms with Gasteiger partial charge in [-0.3, -0.25) is 0 Å². The van der Waals surface area contributed by atoms with Crippen LogP contribution in [-0.2, 0) is 0 Å². The third kappa shape index (κ3) is 1.96. The first-order valence-electron chi connectivity index (χ1n) is 4.65. The topological polar surface area (TPSA) is 38.9 Å². The molecule has 76 valence electrons. The number of aromatic nitrogens is 1. The molecule has 0 unspecified atom stereocenters. The quantitative estimate of drug-likeness (QED) is 0.772. The molecule has 3 heteroatoms. The van der Waals surface area contributed by atoms with Crippen LogP contribution in [0.5, 0.6) is 0 Å². The van der Waals surface area contributed by atoms with Gasteiger partial charge in [0.25, 0.3) is 0 Å². The third-order valence-electron chi connectivity index (χ3n) is 2.25. The number of halogens is 1. The maximum atomic E-state index is 13.2. The number of nitrogens with zero attached hydrogens (tertiary/aromatic N) is 1. The van der Waals surface area contributed by atoms with Crippen molar-refractivity contribution < 1.29 is 4.39 Å². The molecule has 0 fully saturated rings. The largest absolute Gasteiger partial charge is 0.381 e. The molecule has 2 aromatic rings. The van der Waals surface area contributed by atoms with E-state index in [1.165, 1.54) is 11.6 Å². The SMILES string of the molecule is Cc1ccc(-c2cnc(N)c(F)c2)cc1. The van der Waals surface area contributed by atoms with Gasteiger partial charge in [0, 0.05) is 11.8 Å². The van der Waals surface area contributed by atoms with Gasteiger partial charge in [0.05, 0.1) is 0 Å². The summed E-state index contributed by atoms with van der Waals surface area (Å²) in [5, 5.41) is 0. The Morgan fingerprint density at radius 1 is 1.13 bits per heavy atom. The molecule has 0 saturated carbocycles. The van der Waals surface area contributed by atoms with Crippen molar-refractivity contribution in [3.8, 4) is 11.1 Å². The third-order valence-corrected chi connectivity index (χ3v) is 2.25. The Morgan fingerprint density at radius 2 is 1.80 bits per heavy atom. The van der Waals surface area contributed by atoms with E-state index in [9.17, 15) is 4.39 Å². The van der Waals surface area contributed by atoms with Crippen LogP contribution in [0.15, 0.2) is 36.5 Å². The molecule has 0 aliphatic rings. The summed E-state index contributed by atoms with van der Waals surface area (Å²) in [6, 6.07) is 9.21. The van der Waals surface area contributed by atoms with Crippen LogP contribution in [0.3, 0.4) is 0 Å². The highest BCUT2D eigenvalue weighted by atomic mass is 19.1. The van der Waals surface area contributed by atoms with E-state index in [1.54, 1.807) is 6.20 Å². The minimum Gasteiger partial charge on any atom is -0.381 e. The molecule has 15 heavy (non-hydrogen) atoms. The fourth-order valence-corrected chi connectivity index (χ4v) is 1.35. The Balaban J connectivity index is 2.45. The number of nitrogen functional groups attached to an aromatic ring is 1. The van der Waals surface area contributed by atoms with Crippen molar-refractivity contribution in [3.63, 3.8) is 0 Å². The van der Waals surface area contributed by atoms with Gasteiger partial charge < -0.3 is 5.73 Å². The zero-order valence-corrected chi connectivity index (χ0v) is 8.37. The normalized spacial score (nSPS) is 10.3. The second-order valence-electron chi connectivity index (χ2n) is 3.46. The molecule has 1 heterocycles. The standard InChI is InChI=1S/C12H11FN2/c1-8-2-4-9(5-3-8)10-6-11(13)12(14)15-7-10/h2-7H,1H3,(H2,14,15). The average molecular weight is 202 g/mol. The van der Waals surface area contributed by atoms with E-state index in [-0.39, 0.29) is 5.82 Å². The van der Waals surface area contributed by atoms with Crippen molar-refractivity contribution in [1.82, 2.24) is 4.98 Å². The highest BCUT2D eigenvalue weighted by molar-refractivity contribution is 5.63. The van der Waals surface area contributed by atoms with E-state index in [2.05, 4.69) is 4.98 Å². The number of pyridine rings is 1. The molecule has 2 N–H and O–H groups in total. The predicted octanol–water partition coefficient (Wildman–Crippen LogP) is 2.78. The summed E-state index contributed by atoms with van der Waals surface area (Å²) >= 11 is 0. The number of benzene rings is 1. The van der Waals surface area contributed by atoms with Crippen molar-refractivity contribution in [1.29, 1.82) is 0 Å². The van der Waals surface area contributed by atoms with Gasteiger partial charge >= 0.3 is 0 Å². The average Bonchev–Trinajstić information content (AvgIpc) is 2.23. The van der Waals surface area contributed by atoms with Gasteiger partial charge in [-0.05, 0) is 18.6 Å². The molecular weight excluding hydrogens is 191 g/mol. The van der Waals surface area contributed by atoms with Gasteiger partial charge in [0.15, 0.2) is 11.6 Å². The molecule has 2 rings (SSSR count). The van der Waals surface area contributed by atoms with E-state index in [0.717, 1.165) is 11.1 Å². The van der Waals surface area contributed by atoms with Crippen molar-refractivity contribution in [3.05, 3.63) is 47.9 Å². The molecule has 0 amide bonds. The van der Waals surface area contributed by atoms with Crippen molar-refractivity contribution >= 4 is 5.82 Å². The zero-order valence-electron chi connectivity index (χ0n) is 8.37. The number of aryl methyl sites for hydroxylation is 1. The first kappa shape index (κ1) is 9.65. The molecule has 0 spiro atoms. The number of rotatable bonds is 1. The van der Waals surface area contributed by atoms with Crippen LogP contribution in [-0.4, -0.2) is 4.98 Å². The summed E-state index contributed by atoms with van der Waals surface area (Å²) in [5.74, 6) is -0.543. The van der Waals surface area contributed by atoms with Gasteiger partial charge in [-0.25, -0.2) is 9.37 Å². The lowest BCUT2D eigenvalue weighted by molar-refractivity contribution is 0.628. The van der Waals surface area contributed by atoms with Crippen LogP contribution in [0.2, 0.25) is 0 Å². The van der Waals surface area contributed by atoms with E-state index < -0.39 is 5.82 Å². The Morgan fingerprint density at radius 3 is 2.40 bits per heavy atom. The smallest absolute Gasteiger partial charge is 0.165 e. The molecule has 2 nitrogen and oxygen atoms in total. The highest BCUT2D eigenvalue weighted by Gasteiger charge is 2.03. The summed E-state index contributed by atoms with van der Waals surface area (Å²) in [4.78, 5) is 3.78. The lowest BCUT2D eigenvalue weighted by Gasteiger charge is -2.03. The minimum atomic E-state index is -0.479. The van der Waals surface area contributed by atoms with Crippen LogP contribution in [0, 0.1) is 12.7 Å². The summed E-state index contributed by atoms with van der Waals surface area (Å²) in [7, 11) is 0. The minimum absolute atomic E-state index is 0.0640. The van der Waals surface area contributed by atoms with Crippen molar-refractivity contribution in [2.45, 2.75) is 6.92 Å². The fraction of sp³-hybridized carbons (Fsp3) is 0.0833. The van der Waals surface area contributed by atoms with E-state index >= 15 is 0 Å². The van der Waals surface area contributed by atoms with Gasteiger partial charge in [-0.1, -0.05) is 29.8 Å². The van der Waals surface area contributed by atoms with Gasteiger partial charge in [-0.15, -0.1) is 0 Å². The second kappa shape index (κ2) is 3.69. The first-order valence-corrected chi connectivity index (χ1v) is 4.65. The predicted molar refractivity (Wildman–Crippen MR) is 58.8 cm³/mol. The summed E-state index contributed by atoms with van der Waals surface area (Å²) in [6.45, 7) is 2.01. The molecule has 0 aliphatic carbocycles. The Kier molecular flexibility index (Phi) is 2.37. The highest BCUT2D eigenvalue weighted by Crippen LogP contribution is 2.21. The van der Waals surface area contributed by atoms with E-state index in [4.69, 9.17) is 5.73 Å². The molecule has 0 bridgehead atoms. The molecule has 1 aromatic carbocycles. The van der Waals surface area contributed by atoms with Crippen molar-refractivity contribution in [2.24, 2.45) is 0 Å². The lowest BCUT2D eigenvalue weighted by atomic mass is 10.1. The van der Waals surface area contributed by atoms with Crippen LogP contribution < -0.4 is 5.73 Å². The molecule has 1 aromatic heterocycles. The zero-order chi connectivity index (χ0) is 10.8. The van der Waals surface area contributed by atoms with E-state index in [0.29, 0.717) is 0 Å². The van der Waals surface area contributed by atoms with Crippen LogP contribution >= 0.6 is 0 Å². The monoisotopic (exact) mass is 202 g/mol. The molecule has 0 aliphatic heterocycles. The summed E-state index contributed by atoms with van der Waals surface area (Å²) in [6.07, 6.45) is 1.57. The van der Waals surface area contributed by atoms with Crippen LogP contribution in [0.25, 0.3) is 11.1 Å². The summed E-state index contributed by atoms with van der Waals surface area (Å²) in [5.41, 5.74) is 8.15. The molecular formula is C12H11FN2. The summed E-state index contributed by atoms with van der Waals surface area (Å²) < 4.78 is 13.2. The second-order valence-corrected chi connectivity index (χ2v) is 3.46. The van der Waals surface area contributed by atoms with Gasteiger partial charge in [0.2, 0.25) is 0 Å². The number of hydrogen-bond acceptors (Lipinski definition) is 2. The lowest BCUT2D eigenvalue weighted by Crippen LogP contribution is -1.94.